The molecule has 3 amide bonds. The first-order valence-corrected chi connectivity index (χ1v) is 4.82. The largest absolute Gasteiger partial charge is 0.335 e. The van der Waals surface area contributed by atoms with Gasteiger partial charge in [-0.1, -0.05) is 12.1 Å². The van der Waals surface area contributed by atoms with Crippen LogP contribution >= 0.6 is 11.6 Å². The van der Waals surface area contributed by atoms with Crippen molar-refractivity contribution in [3.05, 3.63) is 35.4 Å². The van der Waals surface area contributed by atoms with Crippen molar-refractivity contribution in [2.45, 2.75) is 0 Å². The lowest BCUT2D eigenvalue weighted by Gasteiger charge is -2.22. The molecule has 6 heteroatoms. The van der Waals surface area contributed by atoms with Crippen LogP contribution in [-0.2, 0) is 0 Å². The third-order valence-electron chi connectivity index (χ3n) is 2.33. The van der Waals surface area contributed by atoms with Gasteiger partial charge in [0.15, 0.2) is 0 Å². The first-order chi connectivity index (χ1) is 7.54. The van der Waals surface area contributed by atoms with Crippen molar-refractivity contribution in [3.63, 3.8) is 0 Å². The first kappa shape index (κ1) is 10.6. The van der Waals surface area contributed by atoms with E-state index in [0.717, 1.165) is 10.0 Å². The van der Waals surface area contributed by atoms with Crippen molar-refractivity contribution in [3.8, 4) is 0 Å². The minimum atomic E-state index is -0.894. The van der Waals surface area contributed by atoms with E-state index in [2.05, 4.69) is 0 Å². The fourth-order valence-electron chi connectivity index (χ4n) is 1.53. The van der Waals surface area contributed by atoms with E-state index in [1.807, 2.05) is 0 Å². The standard InChI is InChI=1S/C10H7ClN2O3/c1-12(10(11)16)13-8(14)6-4-2-3-5-7(6)9(13)15/h2-5H,1H3. The number of rotatable bonds is 1. The highest BCUT2D eigenvalue weighted by Gasteiger charge is 2.39. The van der Waals surface area contributed by atoms with Crippen molar-refractivity contribution in [2.75, 3.05) is 7.05 Å². The topological polar surface area (TPSA) is 57.7 Å². The van der Waals surface area contributed by atoms with E-state index >= 15 is 0 Å². The maximum Gasteiger partial charge on any atom is 0.335 e. The zero-order valence-corrected chi connectivity index (χ0v) is 9.06. The Labute approximate surface area is 96.2 Å². The Morgan fingerprint density at radius 1 is 1.19 bits per heavy atom. The Morgan fingerprint density at radius 3 is 2.00 bits per heavy atom. The maximum absolute atomic E-state index is 11.8. The molecule has 0 bridgehead atoms. The molecule has 1 aliphatic rings. The van der Waals surface area contributed by atoms with Crippen molar-refractivity contribution >= 4 is 28.8 Å². The quantitative estimate of drug-likeness (QED) is 0.423. The predicted octanol–water partition coefficient (Wildman–Crippen LogP) is 1.49. The van der Waals surface area contributed by atoms with Gasteiger partial charge in [-0.2, -0.15) is 5.01 Å². The molecule has 0 unspecified atom stereocenters. The molecule has 82 valence electrons. The lowest BCUT2D eigenvalue weighted by molar-refractivity contribution is 0.0304. The van der Waals surface area contributed by atoms with Crippen LogP contribution in [-0.4, -0.2) is 34.2 Å². The van der Waals surface area contributed by atoms with E-state index in [0.29, 0.717) is 0 Å². The van der Waals surface area contributed by atoms with Crippen LogP contribution in [0.25, 0.3) is 0 Å². The minimum absolute atomic E-state index is 0.275. The highest BCUT2D eigenvalue weighted by Crippen LogP contribution is 2.23. The van der Waals surface area contributed by atoms with Gasteiger partial charge in [-0.3, -0.25) is 14.4 Å². The number of nitrogens with zero attached hydrogens (tertiary/aromatic N) is 2. The highest BCUT2D eigenvalue weighted by molar-refractivity contribution is 6.62. The molecule has 0 atom stereocenters. The third kappa shape index (κ3) is 1.37. The van der Waals surface area contributed by atoms with E-state index in [4.69, 9.17) is 11.6 Å². The lowest BCUT2D eigenvalue weighted by atomic mass is 10.1. The van der Waals surface area contributed by atoms with Crippen molar-refractivity contribution < 1.29 is 14.4 Å². The highest BCUT2D eigenvalue weighted by atomic mass is 35.5. The summed E-state index contributed by atoms with van der Waals surface area (Å²) in [6, 6.07) is 6.36. The van der Waals surface area contributed by atoms with Crippen molar-refractivity contribution in [1.82, 2.24) is 10.0 Å². The monoisotopic (exact) mass is 238 g/mol. The number of hydrazine groups is 1. The van der Waals surface area contributed by atoms with Crippen LogP contribution in [0.1, 0.15) is 20.7 Å². The van der Waals surface area contributed by atoms with Crippen LogP contribution in [0.2, 0.25) is 0 Å². The summed E-state index contributed by atoms with van der Waals surface area (Å²) in [5, 5.41) is 0.612. The molecule has 1 aromatic carbocycles. The van der Waals surface area contributed by atoms with Crippen molar-refractivity contribution in [1.29, 1.82) is 0 Å². The molecule has 1 heterocycles. The molecule has 0 saturated heterocycles. The second-order valence-electron chi connectivity index (χ2n) is 3.24. The van der Waals surface area contributed by atoms with E-state index in [1.165, 1.54) is 19.2 Å². The van der Waals surface area contributed by atoms with E-state index in [-0.39, 0.29) is 11.1 Å². The normalized spacial score (nSPS) is 14.0. The summed E-state index contributed by atoms with van der Waals surface area (Å²) >= 11 is 5.22. The van der Waals surface area contributed by atoms with Crippen LogP contribution < -0.4 is 0 Å². The van der Waals surface area contributed by atoms with Gasteiger partial charge >= 0.3 is 5.37 Å². The molecule has 0 saturated carbocycles. The minimum Gasteiger partial charge on any atom is -0.267 e. The zero-order valence-electron chi connectivity index (χ0n) is 8.31. The Morgan fingerprint density at radius 2 is 1.62 bits per heavy atom. The van der Waals surface area contributed by atoms with Crippen LogP contribution in [0.3, 0.4) is 0 Å². The van der Waals surface area contributed by atoms with E-state index in [1.54, 1.807) is 12.1 Å². The van der Waals surface area contributed by atoms with Gasteiger partial charge in [0, 0.05) is 7.05 Å². The average Bonchev–Trinajstić information content (AvgIpc) is 2.52. The predicted molar refractivity (Wildman–Crippen MR) is 56.0 cm³/mol. The van der Waals surface area contributed by atoms with Gasteiger partial charge in [-0.25, -0.2) is 5.01 Å². The summed E-state index contributed by atoms with van der Waals surface area (Å²) in [7, 11) is 1.26. The number of carbonyl (C=O) groups excluding carboxylic acids is 3. The Bertz CT molecular complexity index is 466. The van der Waals surface area contributed by atoms with Crippen LogP contribution in [0.4, 0.5) is 4.79 Å². The van der Waals surface area contributed by atoms with Gasteiger partial charge in [-0.15, -0.1) is 0 Å². The Balaban J connectivity index is 2.46. The maximum atomic E-state index is 11.8. The molecule has 0 fully saturated rings. The summed E-state index contributed by atoms with van der Waals surface area (Å²) in [5.74, 6) is -1.09. The number of benzene rings is 1. The van der Waals surface area contributed by atoms with E-state index in [9.17, 15) is 14.4 Å². The third-order valence-corrected chi connectivity index (χ3v) is 2.57. The number of hydrogen-bond donors (Lipinski definition) is 0. The molecular formula is C10H7ClN2O3. The van der Waals surface area contributed by atoms with Crippen LogP contribution in [0, 0.1) is 0 Å². The Kier molecular flexibility index (Phi) is 2.40. The van der Waals surface area contributed by atoms with Crippen LogP contribution in [0.15, 0.2) is 24.3 Å². The summed E-state index contributed by atoms with van der Waals surface area (Å²) in [5.41, 5.74) is 0.550. The van der Waals surface area contributed by atoms with Gasteiger partial charge in [0.1, 0.15) is 0 Å². The Hall–Kier alpha value is -1.88. The fourth-order valence-corrected chi connectivity index (χ4v) is 1.60. The van der Waals surface area contributed by atoms with Gasteiger partial charge in [0.05, 0.1) is 11.1 Å². The summed E-state index contributed by atoms with van der Waals surface area (Å²) in [4.78, 5) is 34.5. The molecule has 0 aliphatic carbocycles. The molecule has 5 nitrogen and oxygen atoms in total. The first-order valence-electron chi connectivity index (χ1n) is 4.45. The van der Waals surface area contributed by atoms with Gasteiger partial charge in [-0.05, 0) is 23.7 Å². The fraction of sp³-hybridized carbons (Fsp3) is 0.100. The smallest absolute Gasteiger partial charge is 0.267 e. The van der Waals surface area contributed by atoms with Gasteiger partial charge < -0.3 is 0 Å². The zero-order chi connectivity index (χ0) is 11.9. The molecule has 0 radical (unpaired) electrons. The van der Waals surface area contributed by atoms with Crippen molar-refractivity contribution in [2.24, 2.45) is 0 Å². The summed E-state index contributed by atoms with van der Waals surface area (Å²) in [6.07, 6.45) is 0. The van der Waals surface area contributed by atoms with Crippen LogP contribution in [0.5, 0.6) is 0 Å². The average molecular weight is 239 g/mol. The number of carbonyl (C=O) groups is 3. The van der Waals surface area contributed by atoms with E-state index < -0.39 is 17.2 Å². The second-order valence-corrected chi connectivity index (χ2v) is 3.57. The number of amides is 3. The molecular weight excluding hydrogens is 232 g/mol. The van der Waals surface area contributed by atoms with Gasteiger partial charge in [0.25, 0.3) is 11.8 Å². The molecule has 0 aromatic heterocycles. The summed E-state index contributed by atoms with van der Waals surface area (Å²) in [6.45, 7) is 0. The van der Waals surface area contributed by atoms with Gasteiger partial charge in [0.2, 0.25) is 0 Å². The summed E-state index contributed by atoms with van der Waals surface area (Å²) < 4.78 is 0. The lowest BCUT2D eigenvalue weighted by Crippen LogP contribution is -2.45. The molecule has 0 N–H and O–H groups in total. The molecule has 16 heavy (non-hydrogen) atoms. The number of hydrogen-bond acceptors (Lipinski definition) is 3. The molecule has 0 spiro atoms. The second kappa shape index (κ2) is 3.61. The number of imide groups is 1. The molecule has 2 rings (SSSR count). The number of fused-ring (bicyclic) bond motifs is 1. The molecule has 1 aliphatic heterocycles. The SMILES string of the molecule is CN(C(=O)Cl)N1C(=O)c2ccccc2C1=O. The number of halogens is 1. The molecule has 1 aromatic rings.